The van der Waals surface area contributed by atoms with Crippen molar-refractivity contribution in [3.63, 3.8) is 0 Å². The number of alkyl halides is 2. The molecule has 0 aliphatic carbocycles. The Morgan fingerprint density at radius 2 is 1.68 bits per heavy atom. The first kappa shape index (κ1) is 23.6. The molecule has 0 spiro atoms. The number of benzene rings is 2. The molecule has 2 aromatic carbocycles. The van der Waals surface area contributed by atoms with Crippen LogP contribution in [0.15, 0.2) is 79.3 Å². The van der Waals surface area contributed by atoms with Crippen LogP contribution in [0.4, 0.5) is 25.0 Å². The van der Waals surface area contributed by atoms with E-state index in [0.717, 1.165) is 11.3 Å². The number of carbonyl (C=O) groups excluding carboxylic acids is 1. The maximum atomic E-state index is 12.8. The topological polar surface area (TPSA) is 116 Å². The highest BCUT2D eigenvalue weighted by atomic mass is 19.3. The summed E-state index contributed by atoms with van der Waals surface area (Å²) in [6.07, 6.45) is 1.82. The molecule has 186 valence electrons. The molecule has 0 aliphatic rings. The number of nitrogens with one attached hydrogen (secondary N) is 2. The number of hydrogen-bond donors (Lipinski definition) is 2. The normalized spacial score (nSPS) is 10.9. The Hall–Kier alpha value is -5.13. The summed E-state index contributed by atoms with van der Waals surface area (Å²) in [7, 11) is 1.55. The van der Waals surface area contributed by atoms with Crippen molar-refractivity contribution in [1.29, 1.82) is 0 Å². The average Bonchev–Trinajstić information content (AvgIpc) is 3.33. The first-order chi connectivity index (χ1) is 18.0. The van der Waals surface area contributed by atoms with Gasteiger partial charge in [0.05, 0.1) is 37.1 Å². The lowest BCUT2D eigenvalue weighted by Crippen LogP contribution is -2.19. The molecule has 5 aromatic rings. The molecule has 0 radical (unpaired) electrons. The molecule has 2 N–H and O–H groups in total. The zero-order valence-electron chi connectivity index (χ0n) is 19.3. The summed E-state index contributed by atoms with van der Waals surface area (Å²) >= 11 is 0. The fraction of sp³-hybridized carbons (Fsp3) is 0.0800. The van der Waals surface area contributed by atoms with E-state index in [1.165, 1.54) is 36.7 Å². The summed E-state index contributed by atoms with van der Waals surface area (Å²) in [5.74, 6) is 0.973. The molecule has 10 nitrogen and oxygen atoms in total. The van der Waals surface area contributed by atoms with Crippen molar-refractivity contribution in [3.8, 4) is 28.9 Å². The van der Waals surface area contributed by atoms with Gasteiger partial charge in [-0.2, -0.15) is 0 Å². The number of urea groups is 1. The van der Waals surface area contributed by atoms with Crippen LogP contribution in [0, 0.1) is 0 Å². The maximum absolute atomic E-state index is 12.8. The highest BCUT2D eigenvalue weighted by Crippen LogP contribution is 2.26. The predicted octanol–water partition coefficient (Wildman–Crippen LogP) is 5.57. The molecule has 3 heterocycles. The summed E-state index contributed by atoms with van der Waals surface area (Å²) in [6, 6.07) is 15.6. The Bertz CT molecular complexity index is 1540. The van der Waals surface area contributed by atoms with E-state index < -0.39 is 12.5 Å². The Balaban J connectivity index is 1.21. The van der Waals surface area contributed by atoms with Crippen molar-refractivity contribution in [1.82, 2.24) is 24.6 Å². The number of amides is 2. The van der Waals surface area contributed by atoms with Crippen LogP contribution in [-0.4, -0.2) is 37.7 Å². The minimum atomic E-state index is -2.63. The van der Waals surface area contributed by atoms with E-state index in [0.29, 0.717) is 23.0 Å². The third-order valence-corrected chi connectivity index (χ3v) is 5.19. The molecule has 0 saturated carbocycles. The van der Waals surface area contributed by atoms with Crippen molar-refractivity contribution < 1.29 is 23.0 Å². The second-order valence-corrected chi connectivity index (χ2v) is 7.68. The predicted molar refractivity (Wildman–Crippen MR) is 131 cm³/mol. The number of aromatic nitrogens is 5. The quantitative estimate of drug-likeness (QED) is 0.298. The van der Waals surface area contributed by atoms with Gasteiger partial charge in [-0.05, 0) is 42.5 Å². The van der Waals surface area contributed by atoms with Gasteiger partial charge in [0.15, 0.2) is 5.65 Å². The summed E-state index contributed by atoms with van der Waals surface area (Å²) in [5.41, 5.74) is 2.68. The monoisotopic (exact) mass is 503 g/mol. The SMILES string of the molecule is COc1ccc2ncc(-c3ccc(Oc4ncc(NC(=O)Nc5cccc(C(F)F)c5)cn4)cc3)n2n1. The number of carbonyl (C=O) groups is 1. The fourth-order valence-electron chi connectivity index (χ4n) is 3.44. The third kappa shape index (κ3) is 5.42. The molecular weight excluding hydrogens is 484 g/mol. The van der Waals surface area contributed by atoms with Crippen LogP contribution in [0.2, 0.25) is 0 Å². The van der Waals surface area contributed by atoms with E-state index in [2.05, 4.69) is 30.7 Å². The molecule has 12 heteroatoms. The van der Waals surface area contributed by atoms with Gasteiger partial charge in [0.2, 0.25) is 5.88 Å². The number of fused-ring (bicyclic) bond motifs is 1. The van der Waals surface area contributed by atoms with Crippen molar-refractivity contribution in [3.05, 3.63) is 84.8 Å². The van der Waals surface area contributed by atoms with E-state index in [-0.39, 0.29) is 17.3 Å². The van der Waals surface area contributed by atoms with E-state index in [9.17, 15) is 13.6 Å². The number of rotatable bonds is 7. The lowest BCUT2D eigenvalue weighted by Gasteiger charge is -2.09. The molecule has 0 atom stereocenters. The van der Waals surface area contributed by atoms with Crippen LogP contribution in [-0.2, 0) is 0 Å². The molecule has 0 saturated heterocycles. The Morgan fingerprint density at radius 3 is 2.41 bits per heavy atom. The molecule has 0 bridgehead atoms. The number of nitrogens with zero attached hydrogens (tertiary/aromatic N) is 5. The first-order valence-corrected chi connectivity index (χ1v) is 10.9. The molecule has 0 unspecified atom stereocenters. The van der Waals surface area contributed by atoms with Crippen LogP contribution in [0.5, 0.6) is 17.6 Å². The smallest absolute Gasteiger partial charge is 0.323 e. The van der Waals surface area contributed by atoms with Crippen LogP contribution >= 0.6 is 0 Å². The van der Waals surface area contributed by atoms with Crippen molar-refractivity contribution in [2.75, 3.05) is 17.7 Å². The van der Waals surface area contributed by atoms with Gasteiger partial charge < -0.3 is 20.1 Å². The van der Waals surface area contributed by atoms with Crippen LogP contribution < -0.4 is 20.1 Å². The molecule has 0 aliphatic heterocycles. The van der Waals surface area contributed by atoms with Gasteiger partial charge in [0.25, 0.3) is 6.43 Å². The minimum absolute atomic E-state index is 0.0737. The minimum Gasteiger partial charge on any atom is -0.480 e. The number of anilines is 2. The lowest BCUT2D eigenvalue weighted by molar-refractivity contribution is 0.151. The van der Waals surface area contributed by atoms with Crippen molar-refractivity contribution in [2.24, 2.45) is 0 Å². The van der Waals surface area contributed by atoms with Crippen molar-refractivity contribution in [2.45, 2.75) is 6.43 Å². The second-order valence-electron chi connectivity index (χ2n) is 7.68. The molecule has 2 amide bonds. The number of imidazole rings is 1. The van der Waals surface area contributed by atoms with Gasteiger partial charge in [0.1, 0.15) is 5.75 Å². The Morgan fingerprint density at radius 1 is 0.919 bits per heavy atom. The van der Waals surface area contributed by atoms with E-state index in [1.54, 1.807) is 36.0 Å². The Labute approximate surface area is 208 Å². The van der Waals surface area contributed by atoms with Gasteiger partial charge in [-0.25, -0.2) is 33.0 Å². The molecule has 37 heavy (non-hydrogen) atoms. The molecule has 5 rings (SSSR count). The zero-order chi connectivity index (χ0) is 25.8. The standard InChI is InChI=1S/C25H19F2N7O3/c1-36-22-10-9-21-28-14-20(34(21)33-22)15-5-7-19(8-6-15)37-25-29-12-18(13-30-25)32-24(35)31-17-4-2-3-16(11-17)23(26)27/h2-14,23H,1H3,(H2,31,32,35). The van der Waals surface area contributed by atoms with Crippen LogP contribution in [0.25, 0.3) is 16.9 Å². The van der Waals surface area contributed by atoms with E-state index in [4.69, 9.17) is 9.47 Å². The van der Waals surface area contributed by atoms with Gasteiger partial charge in [-0.1, -0.05) is 12.1 Å². The van der Waals surface area contributed by atoms with Crippen LogP contribution in [0.1, 0.15) is 12.0 Å². The third-order valence-electron chi connectivity index (χ3n) is 5.19. The first-order valence-electron chi connectivity index (χ1n) is 10.9. The zero-order valence-corrected chi connectivity index (χ0v) is 19.3. The number of hydrogen-bond acceptors (Lipinski definition) is 7. The van der Waals surface area contributed by atoms with Crippen molar-refractivity contribution >= 4 is 23.1 Å². The second kappa shape index (κ2) is 10.2. The average molecular weight is 503 g/mol. The van der Waals surface area contributed by atoms with Crippen LogP contribution in [0.3, 0.4) is 0 Å². The summed E-state index contributed by atoms with van der Waals surface area (Å²) < 4.78 is 38.2. The van der Waals surface area contributed by atoms with Gasteiger partial charge >= 0.3 is 12.0 Å². The maximum Gasteiger partial charge on any atom is 0.323 e. The Kier molecular flexibility index (Phi) is 6.53. The number of halogens is 2. The van der Waals surface area contributed by atoms with E-state index in [1.807, 2.05) is 18.2 Å². The van der Waals surface area contributed by atoms with Gasteiger partial charge in [0, 0.05) is 22.9 Å². The number of methoxy groups -OCH3 is 1. The summed E-state index contributed by atoms with van der Waals surface area (Å²) in [4.78, 5) is 24.7. The highest BCUT2D eigenvalue weighted by Gasteiger charge is 2.11. The fourth-order valence-corrected chi connectivity index (χ4v) is 3.44. The highest BCUT2D eigenvalue weighted by molar-refractivity contribution is 5.99. The largest absolute Gasteiger partial charge is 0.480 e. The molecule has 0 fully saturated rings. The number of ether oxygens (including phenoxy) is 2. The lowest BCUT2D eigenvalue weighted by atomic mass is 10.1. The summed E-state index contributed by atoms with van der Waals surface area (Å²) in [6.45, 7) is 0. The summed E-state index contributed by atoms with van der Waals surface area (Å²) in [5, 5.41) is 9.42. The molecular formula is C25H19F2N7O3. The molecule has 3 aromatic heterocycles. The van der Waals surface area contributed by atoms with E-state index >= 15 is 0 Å². The van der Waals surface area contributed by atoms with Gasteiger partial charge in [-0.15, -0.1) is 5.10 Å². The van der Waals surface area contributed by atoms with Gasteiger partial charge in [-0.3, -0.25) is 0 Å².